The molecule has 4 N–H and O–H groups in total. The van der Waals surface area contributed by atoms with E-state index in [1.807, 2.05) is 0 Å². The van der Waals surface area contributed by atoms with E-state index in [0.717, 1.165) is 0 Å². The topological polar surface area (TPSA) is 164 Å². The van der Waals surface area contributed by atoms with Crippen molar-refractivity contribution in [3.05, 3.63) is 51.9 Å². The van der Waals surface area contributed by atoms with Crippen molar-refractivity contribution in [2.24, 2.45) is 5.18 Å². The van der Waals surface area contributed by atoms with Crippen molar-refractivity contribution in [1.29, 1.82) is 0 Å². The van der Waals surface area contributed by atoms with Crippen LogP contribution in [0.25, 0.3) is 0 Å². The summed E-state index contributed by atoms with van der Waals surface area (Å²) in [5.41, 5.74) is 1.52. The summed E-state index contributed by atoms with van der Waals surface area (Å²) in [6.45, 7) is 1.25. The Balaban J connectivity index is 1.59. The number of aromatic hydroxyl groups is 1. The summed E-state index contributed by atoms with van der Waals surface area (Å²) in [6.07, 6.45) is -7.90. The Hall–Kier alpha value is -3.25. The second-order valence-electron chi connectivity index (χ2n) is 8.22. The molecule has 6 atom stereocenters. The molecule has 0 aliphatic carbocycles. The predicted octanol–water partition coefficient (Wildman–Crippen LogP) is 1.37. The van der Waals surface area contributed by atoms with Crippen LogP contribution in [-0.2, 0) is 4.74 Å². The molecule has 11 nitrogen and oxygen atoms in total. The molecule has 3 unspecified atom stereocenters. The standard InChI is InChI=1S/C23H25NO10/c1-10-5-12(32-23-22(29)21(28)20(27)18(34-23)9-24-30)7-17-19(10)14(26)8-16(33-17)11-3-4-15(31-2)13(25)6-11/h3-7,16,18,20-23,25,27-29H,8-9H2,1-2H3/t16?,18?,20-,21-,22?,23-/m1/s1. The van der Waals surface area contributed by atoms with E-state index in [1.54, 1.807) is 25.1 Å². The molecule has 0 amide bonds. The van der Waals surface area contributed by atoms with Crippen molar-refractivity contribution in [3.63, 3.8) is 0 Å². The van der Waals surface area contributed by atoms with Crippen LogP contribution >= 0.6 is 0 Å². The maximum atomic E-state index is 12.9. The Kier molecular flexibility index (Phi) is 6.71. The Morgan fingerprint density at radius 1 is 1.12 bits per heavy atom. The number of fused-ring (bicyclic) bond motifs is 1. The number of aliphatic hydroxyl groups is 3. The fraction of sp³-hybridized carbons (Fsp3) is 0.435. The third kappa shape index (κ3) is 4.42. The number of ketones is 1. The van der Waals surface area contributed by atoms with E-state index in [-0.39, 0.29) is 29.5 Å². The third-order valence-corrected chi connectivity index (χ3v) is 5.94. The number of rotatable bonds is 6. The lowest BCUT2D eigenvalue weighted by Gasteiger charge is -2.39. The molecule has 1 fully saturated rings. The van der Waals surface area contributed by atoms with E-state index in [4.69, 9.17) is 18.9 Å². The molecular weight excluding hydrogens is 450 g/mol. The lowest BCUT2D eigenvalue weighted by molar-refractivity contribution is -0.269. The van der Waals surface area contributed by atoms with Gasteiger partial charge in [-0.15, -0.1) is 0 Å². The van der Waals surface area contributed by atoms with E-state index < -0.39 is 43.4 Å². The predicted molar refractivity (Wildman–Crippen MR) is 116 cm³/mol. The number of methoxy groups -OCH3 is 1. The van der Waals surface area contributed by atoms with Crippen LogP contribution in [0.15, 0.2) is 35.5 Å². The number of ether oxygens (including phenoxy) is 4. The summed E-state index contributed by atoms with van der Waals surface area (Å²) in [5, 5.41) is 43.1. The molecule has 0 spiro atoms. The number of aryl methyl sites for hydroxylation is 1. The van der Waals surface area contributed by atoms with Crippen molar-refractivity contribution < 1.29 is 44.2 Å². The average Bonchev–Trinajstić information content (AvgIpc) is 2.80. The highest BCUT2D eigenvalue weighted by Crippen LogP contribution is 2.41. The van der Waals surface area contributed by atoms with Crippen molar-refractivity contribution in [2.75, 3.05) is 13.7 Å². The molecule has 0 radical (unpaired) electrons. The summed E-state index contributed by atoms with van der Waals surface area (Å²) in [7, 11) is 1.43. The minimum atomic E-state index is -1.62. The molecule has 0 bridgehead atoms. The summed E-state index contributed by atoms with van der Waals surface area (Å²) in [5.74, 6) is 0.462. The maximum absolute atomic E-state index is 12.9. The highest BCUT2D eigenvalue weighted by molar-refractivity contribution is 6.01. The fourth-order valence-corrected chi connectivity index (χ4v) is 4.17. The lowest BCUT2D eigenvalue weighted by Crippen LogP contribution is -2.59. The number of phenols is 1. The molecule has 0 aromatic heterocycles. The maximum Gasteiger partial charge on any atom is 0.229 e. The van der Waals surface area contributed by atoms with Gasteiger partial charge in [-0.05, 0) is 36.2 Å². The van der Waals surface area contributed by atoms with Gasteiger partial charge in [-0.2, -0.15) is 4.91 Å². The van der Waals surface area contributed by atoms with Crippen LogP contribution in [0.2, 0.25) is 0 Å². The number of carbonyl (C=O) groups is 1. The molecule has 2 aliphatic rings. The van der Waals surface area contributed by atoms with Gasteiger partial charge in [-0.25, -0.2) is 0 Å². The molecule has 182 valence electrons. The van der Waals surface area contributed by atoms with Crippen molar-refractivity contribution in [3.8, 4) is 23.0 Å². The van der Waals surface area contributed by atoms with Gasteiger partial charge in [0.25, 0.3) is 0 Å². The first kappa shape index (κ1) is 23.9. The van der Waals surface area contributed by atoms with Crippen LogP contribution in [-0.4, -0.2) is 70.6 Å². The molecule has 2 heterocycles. The minimum absolute atomic E-state index is 0.0642. The Labute approximate surface area is 194 Å². The quantitative estimate of drug-likeness (QED) is 0.449. The van der Waals surface area contributed by atoms with Crippen LogP contribution in [0, 0.1) is 11.8 Å². The number of nitrogens with zero attached hydrogens (tertiary/aromatic N) is 1. The van der Waals surface area contributed by atoms with E-state index in [9.17, 15) is 30.1 Å². The number of hydrogen-bond acceptors (Lipinski definition) is 11. The van der Waals surface area contributed by atoms with Crippen LogP contribution in [0.5, 0.6) is 23.0 Å². The number of Topliss-reactive ketones (excluding diaryl/α,β-unsaturated/α-hetero) is 1. The van der Waals surface area contributed by atoms with Gasteiger partial charge in [0.15, 0.2) is 17.3 Å². The van der Waals surface area contributed by atoms with Crippen LogP contribution < -0.4 is 14.2 Å². The summed E-state index contributed by atoms with van der Waals surface area (Å²) in [4.78, 5) is 23.5. The highest BCUT2D eigenvalue weighted by Gasteiger charge is 2.45. The first-order valence-corrected chi connectivity index (χ1v) is 10.6. The smallest absolute Gasteiger partial charge is 0.229 e. The minimum Gasteiger partial charge on any atom is -0.504 e. The lowest BCUT2D eigenvalue weighted by atomic mass is 9.93. The highest BCUT2D eigenvalue weighted by atomic mass is 16.7. The monoisotopic (exact) mass is 475 g/mol. The fourth-order valence-electron chi connectivity index (χ4n) is 4.17. The van der Waals surface area contributed by atoms with Gasteiger partial charge in [0.1, 0.15) is 48.6 Å². The first-order chi connectivity index (χ1) is 16.2. The van der Waals surface area contributed by atoms with Crippen LogP contribution in [0.4, 0.5) is 0 Å². The second-order valence-corrected chi connectivity index (χ2v) is 8.22. The number of nitroso groups, excluding NO2 is 1. The summed E-state index contributed by atoms with van der Waals surface area (Å²) < 4.78 is 22.2. The Bertz CT molecular complexity index is 1090. The SMILES string of the molecule is COc1ccc(C2CC(=O)c3c(C)cc(O[C@@H]4OC(CN=O)[C@@H](O)[C@@H](O)C4O)cc3O2)cc1O. The zero-order valence-electron chi connectivity index (χ0n) is 18.5. The van der Waals surface area contributed by atoms with E-state index in [0.29, 0.717) is 22.4 Å². The number of phenolic OH excluding ortho intramolecular Hbond substituents is 1. The largest absolute Gasteiger partial charge is 0.504 e. The van der Waals surface area contributed by atoms with Crippen LogP contribution in [0.3, 0.4) is 0 Å². The van der Waals surface area contributed by atoms with E-state index in [1.165, 1.54) is 19.2 Å². The summed E-state index contributed by atoms with van der Waals surface area (Å²) in [6, 6.07) is 7.74. The normalized spacial score (nSPS) is 28.6. The number of hydrogen-bond donors (Lipinski definition) is 4. The average molecular weight is 475 g/mol. The van der Waals surface area contributed by atoms with E-state index in [2.05, 4.69) is 5.18 Å². The van der Waals surface area contributed by atoms with Gasteiger partial charge >= 0.3 is 0 Å². The third-order valence-electron chi connectivity index (χ3n) is 5.94. The molecule has 0 saturated carbocycles. The van der Waals surface area contributed by atoms with Crippen molar-refractivity contribution in [1.82, 2.24) is 0 Å². The molecule has 4 rings (SSSR count). The van der Waals surface area contributed by atoms with Gasteiger partial charge in [-0.1, -0.05) is 11.2 Å². The molecule has 2 aliphatic heterocycles. The van der Waals surface area contributed by atoms with Crippen molar-refractivity contribution >= 4 is 5.78 Å². The van der Waals surface area contributed by atoms with Crippen LogP contribution in [0.1, 0.15) is 34.0 Å². The zero-order chi connectivity index (χ0) is 24.6. The second kappa shape index (κ2) is 9.55. The first-order valence-electron chi connectivity index (χ1n) is 10.6. The van der Waals surface area contributed by atoms with Gasteiger partial charge < -0.3 is 39.4 Å². The number of aliphatic hydroxyl groups excluding tert-OH is 3. The van der Waals surface area contributed by atoms with Gasteiger partial charge in [0.2, 0.25) is 6.29 Å². The number of carbonyl (C=O) groups excluding carboxylic acids is 1. The van der Waals surface area contributed by atoms with Gasteiger partial charge in [0, 0.05) is 6.07 Å². The molecule has 34 heavy (non-hydrogen) atoms. The van der Waals surface area contributed by atoms with Gasteiger partial charge in [0.05, 0.1) is 19.1 Å². The molecule has 11 heteroatoms. The number of benzene rings is 2. The van der Waals surface area contributed by atoms with E-state index >= 15 is 0 Å². The molecule has 1 saturated heterocycles. The van der Waals surface area contributed by atoms with Crippen molar-refractivity contribution in [2.45, 2.75) is 50.2 Å². The Morgan fingerprint density at radius 2 is 1.88 bits per heavy atom. The Morgan fingerprint density at radius 3 is 2.56 bits per heavy atom. The molecule has 2 aromatic rings. The summed E-state index contributed by atoms with van der Waals surface area (Å²) >= 11 is 0. The van der Waals surface area contributed by atoms with Gasteiger partial charge in [-0.3, -0.25) is 4.79 Å². The molecular formula is C23H25NO10. The molecule has 2 aromatic carbocycles. The zero-order valence-corrected chi connectivity index (χ0v) is 18.5.